The molecule has 0 aliphatic carbocycles. The van der Waals surface area contributed by atoms with Crippen molar-refractivity contribution in [1.29, 1.82) is 0 Å². The standard InChI is InChI=1S/C9H11Si2/c1-6-10(3)8-9-11(4,5)7-2/h1-2H,3-5H3. The van der Waals surface area contributed by atoms with Gasteiger partial charge in [-0.3, -0.25) is 0 Å². The van der Waals surface area contributed by atoms with Gasteiger partial charge in [-0.25, -0.2) is 0 Å². The van der Waals surface area contributed by atoms with Crippen LogP contribution in [0.1, 0.15) is 0 Å². The van der Waals surface area contributed by atoms with Crippen molar-refractivity contribution >= 4 is 16.9 Å². The van der Waals surface area contributed by atoms with Crippen molar-refractivity contribution in [3.8, 4) is 35.0 Å². The van der Waals surface area contributed by atoms with Gasteiger partial charge in [-0.1, -0.05) is 0 Å². The number of rotatable bonds is 0. The average Bonchev–Trinajstić information content (AvgIpc) is 2.00. The Morgan fingerprint density at radius 1 is 1.27 bits per heavy atom. The Morgan fingerprint density at radius 2 is 1.82 bits per heavy atom. The molecule has 0 saturated carbocycles. The minimum absolute atomic E-state index is 0.866. The Hall–Kier alpha value is -0.886. The molecule has 0 atom stereocenters. The van der Waals surface area contributed by atoms with Crippen molar-refractivity contribution in [2.24, 2.45) is 0 Å². The summed E-state index contributed by atoms with van der Waals surface area (Å²) in [6.45, 7) is 6.09. The van der Waals surface area contributed by atoms with E-state index in [1.54, 1.807) is 0 Å². The predicted octanol–water partition coefficient (Wildman–Crippen LogP) is 1.25. The number of terminal acetylenes is 2. The van der Waals surface area contributed by atoms with Crippen molar-refractivity contribution in [3.63, 3.8) is 0 Å². The van der Waals surface area contributed by atoms with Crippen LogP contribution in [0.2, 0.25) is 19.6 Å². The van der Waals surface area contributed by atoms with E-state index in [4.69, 9.17) is 12.8 Å². The molecule has 0 fully saturated rings. The van der Waals surface area contributed by atoms with Gasteiger partial charge in [-0.2, -0.15) is 0 Å². The smallest absolute Gasteiger partial charge is 0.126 e. The van der Waals surface area contributed by atoms with Crippen LogP contribution in [0.15, 0.2) is 0 Å². The molecule has 0 saturated heterocycles. The van der Waals surface area contributed by atoms with Gasteiger partial charge in [-0.15, -0.1) is 35.0 Å². The van der Waals surface area contributed by atoms with Crippen LogP contribution in [0, 0.1) is 35.0 Å². The highest BCUT2D eigenvalue weighted by molar-refractivity contribution is 6.93. The van der Waals surface area contributed by atoms with Crippen LogP contribution in [0.25, 0.3) is 0 Å². The molecule has 0 aliphatic rings. The van der Waals surface area contributed by atoms with Crippen LogP contribution >= 0.6 is 0 Å². The van der Waals surface area contributed by atoms with E-state index in [-0.39, 0.29) is 0 Å². The highest BCUT2D eigenvalue weighted by Crippen LogP contribution is 1.95. The van der Waals surface area contributed by atoms with Crippen LogP contribution in [0.5, 0.6) is 0 Å². The third kappa shape index (κ3) is 4.51. The molecule has 0 aliphatic heterocycles. The minimum Gasteiger partial charge on any atom is -0.126 e. The summed E-state index contributed by atoms with van der Waals surface area (Å²) in [5.41, 5.74) is 11.6. The van der Waals surface area contributed by atoms with E-state index in [1.165, 1.54) is 0 Å². The van der Waals surface area contributed by atoms with Gasteiger partial charge in [0.05, 0.1) is 0 Å². The summed E-state index contributed by atoms with van der Waals surface area (Å²) in [6, 6.07) is 0. The van der Waals surface area contributed by atoms with Crippen LogP contribution in [-0.2, 0) is 0 Å². The molecular weight excluding hydrogens is 164 g/mol. The third-order valence-corrected chi connectivity index (χ3v) is 3.79. The number of hydrogen-bond donors (Lipinski definition) is 0. The fourth-order valence-corrected chi connectivity index (χ4v) is 2.47. The van der Waals surface area contributed by atoms with Gasteiger partial charge in [0, 0.05) is 0 Å². The molecule has 0 spiro atoms. The first-order valence-electron chi connectivity index (χ1n) is 3.33. The molecule has 0 aromatic carbocycles. The summed E-state index contributed by atoms with van der Waals surface area (Å²) in [7, 11) is -2.53. The molecule has 1 radical (unpaired) electrons. The van der Waals surface area contributed by atoms with E-state index in [1.807, 2.05) is 19.6 Å². The van der Waals surface area contributed by atoms with Gasteiger partial charge in [-0.05, 0) is 19.6 Å². The Balaban J connectivity index is 4.35. The average molecular weight is 175 g/mol. The normalized spacial score (nSPS) is 9.27. The zero-order chi connectivity index (χ0) is 8.91. The lowest BCUT2D eigenvalue weighted by Gasteiger charge is -2.02. The lowest BCUT2D eigenvalue weighted by molar-refractivity contribution is 1.94. The maximum absolute atomic E-state index is 5.30. The van der Waals surface area contributed by atoms with Gasteiger partial charge in [0.15, 0.2) is 0 Å². The second-order valence-corrected chi connectivity index (χ2v) is 8.37. The summed E-state index contributed by atoms with van der Waals surface area (Å²) >= 11 is 0. The first-order valence-corrected chi connectivity index (χ1v) is 8.33. The number of hydrogen-bond acceptors (Lipinski definition) is 0. The van der Waals surface area contributed by atoms with Crippen LogP contribution in [-0.4, -0.2) is 16.9 Å². The van der Waals surface area contributed by atoms with Gasteiger partial charge in [0.2, 0.25) is 16.9 Å². The second-order valence-electron chi connectivity index (χ2n) is 2.79. The SMILES string of the molecule is C#C[Si](C)C#C[Si](C)(C)C#C. The summed E-state index contributed by atoms with van der Waals surface area (Å²) in [5.74, 6) is 0. The second kappa shape index (κ2) is 4.09. The molecular formula is C9H11Si2. The van der Waals surface area contributed by atoms with Crippen LogP contribution < -0.4 is 0 Å². The molecule has 0 aromatic heterocycles. The molecule has 0 N–H and O–H groups in total. The maximum Gasteiger partial charge on any atom is 0.229 e. The molecule has 0 aromatic rings. The Morgan fingerprint density at radius 3 is 2.18 bits per heavy atom. The highest BCUT2D eigenvalue weighted by Gasteiger charge is 2.12. The van der Waals surface area contributed by atoms with Crippen molar-refractivity contribution in [2.45, 2.75) is 19.6 Å². The quantitative estimate of drug-likeness (QED) is 0.384. The fraction of sp³-hybridized carbons (Fsp3) is 0.333. The van der Waals surface area contributed by atoms with Crippen molar-refractivity contribution < 1.29 is 0 Å². The van der Waals surface area contributed by atoms with Crippen LogP contribution in [0.4, 0.5) is 0 Å². The summed E-state index contributed by atoms with van der Waals surface area (Å²) in [4.78, 5) is 0. The van der Waals surface area contributed by atoms with Crippen molar-refractivity contribution in [2.75, 3.05) is 0 Å². The Kier molecular flexibility index (Phi) is 3.76. The summed E-state index contributed by atoms with van der Waals surface area (Å²) < 4.78 is 0. The largest absolute Gasteiger partial charge is 0.229 e. The molecule has 0 unspecified atom stereocenters. The van der Waals surface area contributed by atoms with Crippen LogP contribution in [0.3, 0.4) is 0 Å². The Labute approximate surface area is 72.0 Å². The van der Waals surface area contributed by atoms with Crippen molar-refractivity contribution in [3.05, 3.63) is 0 Å². The topological polar surface area (TPSA) is 0 Å². The fourth-order valence-electron chi connectivity index (χ4n) is 0.322. The summed E-state index contributed by atoms with van der Waals surface area (Å²) in [6.07, 6.45) is 10.5. The Bertz CT molecular complexity index is 265. The molecule has 0 amide bonds. The van der Waals surface area contributed by atoms with E-state index in [0.29, 0.717) is 0 Å². The molecule has 11 heavy (non-hydrogen) atoms. The molecule has 0 nitrogen and oxygen atoms in total. The maximum atomic E-state index is 5.30. The molecule has 0 bridgehead atoms. The molecule has 2 heteroatoms. The van der Waals surface area contributed by atoms with Crippen molar-refractivity contribution in [1.82, 2.24) is 0 Å². The van der Waals surface area contributed by atoms with Gasteiger partial charge < -0.3 is 0 Å². The zero-order valence-corrected chi connectivity index (χ0v) is 9.15. The van der Waals surface area contributed by atoms with Gasteiger partial charge in [0.1, 0.15) is 0 Å². The molecule has 0 rings (SSSR count). The van der Waals surface area contributed by atoms with E-state index >= 15 is 0 Å². The summed E-state index contributed by atoms with van der Waals surface area (Å²) in [5, 5.41) is 0. The van der Waals surface area contributed by atoms with E-state index < -0.39 is 16.9 Å². The van der Waals surface area contributed by atoms with E-state index in [2.05, 4.69) is 22.2 Å². The van der Waals surface area contributed by atoms with Gasteiger partial charge >= 0.3 is 0 Å². The molecule has 55 valence electrons. The lowest BCUT2D eigenvalue weighted by atomic mass is 11.3. The zero-order valence-electron chi connectivity index (χ0n) is 7.15. The van der Waals surface area contributed by atoms with Gasteiger partial charge in [0.25, 0.3) is 0 Å². The van der Waals surface area contributed by atoms with E-state index in [0.717, 1.165) is 0 Å². The molecule has 0 heterocycles. The monoisotopic (exact) mass is 175 g/mol. The first-order chi connectivity index (χ1) is 5.02. The minimum atomic E-state index is -1.66. The lowest BCUT2D eigenvalue weighted by Crippen LogP contribution is -2.21. The predicted molar refractivity (Wildman–Crippen MR) is 54.5 cm³/mol. The first kappa shape index (κ1) is 10.1. The third-order valence-electron chi connectivity index (χ3n) is 1.14. The highest BCUT2D eigenvalue weighted by atomic mass is 28.3. The van der Waals surface area contributed by atoms with E-state index in [9.17, 15) is 0 Å².